The van der Waals surface area contributed by atoms with Gasteiger partial charge in [0.1, 0.15) is 0 Å². The Morgan fingerprint density at radius 3 is 2.55 bits per heavy atom. The number of nitrogens with one attached hydrogen (secondary N) is 2. The molecule has 2 aliphatic carbocycles. The van der Waals surface area contributed by atoms with Gasteiger partial charge in [0.05, 0.1) is 11.9 Å². The molecule has 0 bridgehead atoms. The summed E-state index contributed by atoms with van der Waals surface area (Å²) in [5, 5.41) is 3.46. The molecule has 20 heavy (non-hydrogen) atoms. The summed E-state index contributed by atoms with van der Waals surface area (Å²) in [7, 11) is -3.11. The van der Waals surface area contributed by atoms with Crippen molar-refractivity contribution in [2.24, 2.45) is 5.41 Å². The van der Waals surface area contributed by atoms with E-state index in [1.165, 1.54) is 25.7 Å². The van der Waals surface area contributed by atoms with Crippen LogP contribution in [0.25, 0.3) is 0 Å². The number of hydrogen-bond acceptors (Lipinski definition) is 4. The van der Waals surface area contributed by atoms with Crippen molar-refractivity contribution >= 4 is 10.0 Å². The minimum atomic E-state index is -3.11. The third-order valence-electron chi connectivity index (χ3n) is 4.81. The quantitative estimate of drug-likeness (QED) is 0.708. The molecule has 0 aliphatic heterocycles. The molecule has 5 nitrogen and oxygen atoms in total. The van der Waals surface area contributed by atoms with Crippen molar-refractivity contribution in [3.63, 3.8) is 0 Å². The van der Waals surface area contributed by atoms with Gasteiger partial charge in [-0.1, -0.05) is 19.8 Å². The first-order valence-electron chi connectivity index (χ1n) is 7.86. The maximum Gasteiger partial charge on any atom is 0.212 e. The molecule has 0 radical (unpaired) electrons. The Hall–Kier alpha value is -0.170. The molecule has 0 heterocycles. The zero-order valence-corrected chi connectivity index (χ0v) is 13.5. The van der Waals surface area contributed by atoms with Crippen molar-refractivity contribution in [1.29, 1.82) is 0 Å². The molecule has 0 saturated heterocycles. The second-order valence-electron chi connectivity index (χ2n) is 5.94. The van der Waals surface area contributed by atoms with Crippen LogP contribution in [0.1, 0.15) is 46.0 Å². The summed E-state index contributed by atoms with van der Waals surface area (Å²) in [5.74, 6) is 0.159. The van der Waals surface area contributed by atoms with Crippen LogP contribution in [0.5, 0.6) is 0 Å². The van der Waals surface area contributed by atoms with Crippen molar-refractivity contribution in [1.82, 2.24) is 10.0 Å². The SMILES string of the molecule is CCNS(=O)(=O)CCNC1CC(OCC)C12CCCC2. The van der Waals surface area contributed by atoms with Gasteiger partial charge in [-0.25, -0.2) is 13.1 Å². The normalized spacial score (nSPS) is 28.7. The van der Waals surface area contributed by atoms with Crippen molar-refractivity contribution in [2.75, 3.05) is 25.4 Å². The molecule has 0 aromatic carbocycles. The van der Waals surface area contributed by atoms with Gasteiger partial charge in [-0.3, -0.25) is 0 Å². The smallest absolute Gasteiger partial charge is 0.212 e. The summed E-state index contributed by atoms with van der Waals surface area (Å²) >= 11 is 0. The Kier molecular flexibility index (Phi) is 5.45. The molecule has 2 aliphatic rings. The Labute approximate surface area is 122 Å². The standard InChI is InChI=1S/C14H28N2O3S/c1-3-16-20(17,18)10-9-15-12-11-13(19-4-2)14(12)7-5-6-8-14/h12-13,15-16H,3-11H2,1-2H3. The van der Waals surface area contributed by atoms with Crippen LogP contribution in [-0.4, -0.2) is 46.0 Å². The van der Waals surface area contributed by atoms with E-state index in [4.69, 9.17) is 4.74 Å². The summed E-state index contributed by atoms with van der Waals surface area (Å²) < 4.78 is 31.6. The van der Waals surface area contributed by atoms with E-state index in [2.05, 4.69) is 10.0 Å². The lowest BCUT2D eigenvalue weighted by atomic mass is 9.60. The van der Waals surface area contributed by atoms with E-state index in [0.717, 1.165) is 13.0 Å². The minimum absolute atomic E-state index is 0.159. The van der Waals surface area contributed by atoms with E-state index in [0.29, 0.717) is 25.2 Å². The molecule has 2 fully saturated rings. The van der Waals surface area contributed by atoms with Gasteiger partial charge >= 0.3 is 0 Å². The van der Waals surface area contributed by atoms with E-state index in [9.17, 15) is 8.42 Å². The fourth-order valence-electron chi connectivity index (χ4n) is 3.83. The first-order valence-corrected chi connectivity index (χ1v) is 9.51. The van der Waals surface area contributed by atoms with E-state index in [1.54, 1.807) is 6.92 Å². The molecular formula is C14H28N2O3S. The highest BCUT2D eigenvalue weighted by Gasteiger charge is 2.56. The van der Waals surface area contributed by atoms with Crippen LogP contribution in [0.15, 0.2) is 0 Å². The van der Waals surface area contributed by atoms with Crippen LogP contribution >= 0.6 is 0 Å². The maximum absolute atomic E-state index is 11.6. The lowest BCUT2D eigenvalue weighted by Gasteiger charge is -2.54. The topological polar surface area (TPSA) is 67.4 Å². The second kappa shape index (κ2) is 6.73. The number of ether oxygens (including phenoxy) is 1. The summed E-state index contributed by atoms with van der Waals surface area (Å²) in [6.07, 6.45) is 6.38. The number of sulfonamides is 1. The average molecular weight is 304 g/mol. The van der Waals surface area contributed by atoms with Crippen molar-refractivity contribution < 1.29 is 13.2 Å². The van der Waals surface area contributed by atoms with E-state index in [-0.39, 0.29) is 11.2 Å². The van der Waals surface area contributed by atoms with E-state index in [1.807, 2.05) is 6.92 Å². The van der Waals surface area contributed by atoms with Crippen molar-refractivity contribution in [3.05, 3.63) is 0 Å². The van der Waals surface area contributed by atoms with Crippen LogP contribution in [0.3, 0.4) is 0 Å². The largest absolute Gasteiger partial charge is 0.378 e. The van der Waals surface area contributed by atoms with Gasteiger partial charge in [0, 0.05) is 31.2 Å². The molecule has 2 rings (SSSR count). The Bertz CT molecular complexity index is 405. The van der Waals surface area contributed by atoms with E-state index < -0.39 is 10.0 Å². The van der Waals surface area contributed by atoms with Gasteiger partial charge in [0.25, 0.3) is 0 Å². The molecule has 2 saturated carbocycles. The summed E-state index contributed by atoms with van der Waals surface area (Å²) in [4.78, 5) is 0. The molecule has 0 aromatic rings. The van der Waals surface area contributed by atoms with Gasteiger partial charge in [0.2, 0.25) is 10.0 Å². The van der Waals surface area contributed by atoms with Gasteiger partial charge in [-0.05, 0) is 26.2 Å². The average Bonchev–Trinajstić information content (AvgIpc) is 2.89. The fourth-order valence-corrected chi connectivity index (χ4v) is 4.80. The highest BCUT2D eigenvalue weighted by atomic mass is 32.2. The molecular weight excluding hydrogens is 276 g/mol. The third kappa shape index (κ3) is 3.35. The molecule has 1 spiro atoms. The highest BCUT2D eigenvalue weighted by Crippen LogP contribution is 2.54. The lowest BCUT2D eigenvalue weighted by molar-refractivity contribution is -0.129. The van der Waals surface area contributed by atoms with Crippen LogP contribution in [0.2, 0.25) is 0 Å². The minimum Gasteiger partial charge on any atom is -0.378 e. The van der Waals surface area contributed by atoms with Crippen LogP contribution in [0.4, 0.5) is 0 Å². The molecule has 2 N–H and O–H groups in total. The molecule has 0 aromatic heterocycles. The second-order valence-corrected chi connectivity index (χ2v) is 7.87. The highest BCUT2D eigenvalue weighted by molar-refractivity contribution is 7.89. The maximum atomic E-state index is 11.6. The molecule has 2 atom stereocenters. The van der Waals surface area contributed by atoms with Gasteiger partial charge < -0.3 is 10.1 Å². The Balaban J connectivity index is 1.82. The lowest BCUT2D eigenvalue weighted by Crippen LogP contribution is -2.63. The zero-order chi connectivity index (χ0) is 14.6. The van der Waals surface area contributed by atoms with Gasteiger partial charge in [-0.2, -0.15) is 0 Å². The van der Waals surface area contributed by atoms with E-state index >= 15 is 0 Å². The number of hydrogen-bond donors (Lipinski definition) is 2. The van der Waals surface area contributed by atoms with Gasteiger partial charge in [0.15, 0.2) is 0 Å². The predicted octanol–water partition coefficient (Wildman–Crippen LogP) is 1.25. The van der Waals surface area contributed by atoms with Crippen molar-refractivity contribution in [2.45, 2.75) is 58.1 Å². The first kappa shape index (κ1) is 16.2. The predicted molar refractivity (Wildman–Crippen MR) is 80.2 cm³/mol. The van der Waals surface area contributed by atoms with Crippen LogP contribution in [-0.2, 0) is 14.8 Å². The molecule has 0 amide bonds. The summed E-state index contributed by atoms with van der Waals surface area (Å²) in [6.45, 7) is 5.61. The Morgan fingerprint density at radius 2 is 1.95 bits per heavy atom. The number of rotatable bonds is 8. The monoisotopic (exact) mass is 304 g/mol. The van der Waals surface area contributed by atoms with Gasteiger partial charge in [-0.15, -0.1) is 0 Å². The third-order valence-corrected chi connectivity index (χ3v) is 6.28. The zero-order valence-electron chi connectivity index (χ0n) is 12.7. The van der Waals surface area contributed by atoms with Crippen LogP contribution < -0.4 is 10.0 Å². The molecule has 118 valence electrons. The Morgan fingerprint density at radius 1 is 1.25 bits per heavy atom. The first-order chi connectivity index (χ1) is 9.54. The summed E-state index contributed by atoms with van der Waals surface area (Å²) in [6, 6.07) is 0.429. The fraction of sp³-hybridized carbons (Fsp3) is 1.00. The molecule has 6 heteroatoms. The summed E-state index contributed by atoms with van der Waals surface area (Å²) in [5.41, 5.74) is 0.276. The van der Waals surface area contributed by atoms with Crippen LogP contribution in [0, 0.1) is 5.41 Å². The van der Waals surface area contributed by atoms with Crippen molar-refractivity contribution in [3.8, 4) is 0 Å². The molecule has 2 unspecified atom stereocenters.